The summed E-state index contributed by atoms with van der Waals surface area (Å²) in [5.41, 5.74) is 7.25. The molecule has 3 aromatic rings. The summed E-state index contributed by atoms with van der Waals surface area (Å²) in [4.78, 5) is 52.3. The van der Waals surface area contributed by atoms with Crippen LogP contribution in [-0.4, -0.2) is 35.3 Å². The third kappa shape index (κ3) is 3.93. The predicted octanol–water partition coefficient (Wildman–Crippen LogP) is 3.09. The Labute approximate surface area is 183 Å². The molecule has 1 aliphatic heterocycles. The molecule has 4 rings (SSSR count). The molecule has 160 valence electrons. The molecule has 0 saturated carbocycles. The molecule has 8 heteroatoms. The van der Waals surface area contributed by atoms with Gasteiger partial charge in [-0.3, -0.25) is 24.2 Å². The third-order valence-corrected chi connectivity index (χ3v) is 5.03. The number of imide groups is 1. The Kier molecular flexibility index (Phi) is 5.43. The fourth-order valence-corrected chi connectivity index (χ4v) is 3.37. The van der Waals surface area contributed by atoms with Crippen LogP contribution in [0.15, 0.2) is 72.8 Å². The number of nitrogen functional groups attached to an aromatic ring is 1. The van der Waals surface area contributed by atoms with E-state index in [-0.39, 0.29) is 29.3 Å². The van der Waals surface area contributed by atoms with Crippen molar-refractivity contribution >= 4 is 35.1 Å². The van der Waals surface area contributed by atoms with Crippen LogP contribution in [0.5, 0.6) is 5.75 Å². The smallest absolute Gasteiger partial charge is 0.343 e. The number of benzene rings is 3. The molecule has 32 heavy (non-hydrogen) atoms. The molecular formula is C24H19N3O5. The molecule has 0 saturated heterocycles. The minimum atomic E-state index is -0.546. The van der Waals surface area contributed by atoms with Gasteiger partial charge in [0.15, 0.2) is 0 Å². The Morgan fingerprint density at radius 2 is 1.56 bits per heavy atom. The van der Waals surface area contributed by atoms with E-state index in [1.807, 2.05) is 6.07 Å². The number of para-hydroxylation sites is 1. The van der Waals surface area contributed by atoms with E-state index in [9.17, 15) is 19.2 Å². The molecule has 0 unspecified atom stereocenters. The normalized spacial score (nSPS) is 12.5. The van der Waals surface area contributed by atoms with Crippen molar-refractivity contribution in [3.63, 3.8) is 0 Å². The third-order valence-electron chi connectivity index (χ3n) is 5.03. The van der Waals surface area contributed by atoms with Crippen LogP contribution in [0.4, 0.5) is 11.4 Å². The first-order valence-corrected chi connectivity index (χ1v) is 9.76. The molecule has 0 aromatic heterocycles. The monoisotopic (exact) mass is 429 g/mol. The summed E-state index contributed by atoms with van der Waals surface area (Å²) >= 11 is 0. The van der Waals surface area contributed by atoms with Gasteiger partial charge in [0.05, 0.1) is 16.7 Å². The number of rotatable bonds is 5. The van der Waals surface area contributed by atoms with Gasteiger partial charge < -0.3 is 10.5 Å². The maximum Gasteiger partial charge on any atom is 0.343 e. The number of amides is 3. The number of nitrogens with zero attached hydrogens (tertiary/aromatic N) is 2. The van der Waals surface area contributed by atoms with E-state index in [1.54, 1.807) is 42.5 Å². The van der Waals surface area contributed by atoms with Crippen LogP contribution in [0.1, 0.15) is 38.0 Å². The molecule has 2 N–H and O–H groups in total. The lowest BCUT2D eigenvalue weighted by Crippen LogP contribution is -2.43. The second kappa shape index (κ2) is 8.35. The number of hydrogen-bond donors (Lipinski definition) is 1. The van der Waals surface area contributed by atoms with Gasteiger partial charge in [-0.2, -0.15) is 0 Å². The first-order valence-electron chi connectivity index (χ1n) is 9.76. The maximum absolute atomic E-state index is 12.7. The molecule has 1 aliphatic rings. The van der Waals surface area contributed by atoms with Gasteiger partial charge in [-0.15, -0.1) is 0 Å². The lowest BCUT2D eigenvalue weighted by atomic mass is 10.1. The van der Waals surface area contributed by atoms with Crippen LogP contribution in [0.3, 0.4) is 0 Å². The molecule has 8 nitrogen and oxygen atoms in total. The first kappa shape index (κ1) is 20.8. The van der Waals surface area contributed by atoms with Gasteiger partial charge in [0.1, 0.15) is 12.4 Å². The van der Waals surface area contributed by atoms with E-state index < -0.39 is 17.8 Å². The van der Waals surface area contributed by atoms with Gasteiger partial charge in [0, 0.05) is 18.3 Å². The molecular weight excluding hydrogens is 410 g/mol. The van der Waals surface area contributed by atoms with Crippen LogP contribution in [-0.2, 0) is 4.79 Å². The SMILES string of the molecule is CC(=O)N(CN1C(=O)c2ccc(N)cc2C1=O)c1ccc(C(=O)Oc2ccccc2)cc1. The fraction of sp³-hybridized carbons (Fsp3) is 0.0833. The molecule has 0 radical (unpaired) electrons. The first-order chi connectivity index (χ1) is 15.3. The fourth-order valence-electron chi connectivity index (χ4n) is 3.37. The highest BCUT2D eigenvalue weighted by atomic mass is 16.5. The van der Waals surface area contributed by atoms with Crippen molar-refractivity contribution in [2.75, 3.05) is 17.3 Å². The number of anilines is 2. The predicted molar refractivity (Wildman–Crippen MR) is 117 cm³/mol. The number of hydrogen-bond acceptors (Lipinski definition) is 6. The molecule has 0 atom stereocenters. The van der Waals surface area contributed by atoms with E-state index in [4.69, 9.17) is 10.5 Å². The summed E-state index contributed by atoms with van der Waals surface area (Å²) in [6.07, 6.45) is 0. The van der Waals surface area contributed by atoms with Crippen LogP contribution < -0.4 is 15.4 Å². The van der Waals surface area contributed by atoms with Crippen molar-refractivity contribution < 1.29 is 23.9 Å². The minimum absolute atomic E-state index is 0.206. The van der Waals surface area contributed by atoms with Gasteiger partial charge >= 0.3 is 5.97 Å². The van der Waals surface area contributed by atoms with Crippen LogP contribution in [0, 0.1) is 0 Å². The molecule has 0 aliphatic carbocycles. The van der Waals surface area contributed by atoms with Crippen molar-refractivity contribution in [3.05, 3.63) is 89.5 Å². The maximum atomic E-state index is 12.7. The number of carbonyl (C=O) groups excluding carboxylic acids is 4. The Morgan fingerprint density at radius 3 is 2.22 bits per heavy atom. The number of fused-ring (bicyclic) bond motifs is 1. The van der Waals surface area contributed by atoms with Crippen LogP contribution in [0.25, 0.3) is 0 Å². The molecule has 0 spiro atoms. The summed E-state index contributed by atoms with van der Waals surface area (Å²) in [5, 5.41) is 0. The highest BCUT2D eigenvalue weighted by Gasteiger charge is 2.37. The van der Waals surface area contributed by atoms with Gasteiger partial charge in [-0.1, -0.05) is 18.2 Å². The molecule has 0 fully saturated rings. The van der Waals surface area contributed by atoms with Crippen molar-refractivity contribution in [1.29, 1.82) is 0 Å². The summed E-state index contributed by atoms with van der Waals surface area (Å²) in [6, 6.07) is 19.3. The second-order valence-electron chi connectivity index (χ2n) is 7.18. The molecule has 3 aromatic carbocycles. The second-order valence-corrected chi connectivity index (χ2v) is 7.18. The van der Waals surface area contributed by atoms with E-state index in [1.165, 1.54) is 36.1 Å². The van der Waals surface area contributed by atoms with E-state index in [0.29, 0.717) is 17.1 Å². The number of ether oxygens (including phenoxy) is 1. The average molecular weight is 429 g/mol. The van der Waals surface area contributed by atoms with Crippen molar-refractivity contribution in [1.82, 2.24) is 4.90 Å². The molecule has 1 heterocycles. The number of esters is 1. The Bertz CT molecular complexity index is 1220. The Hall–Kier alpha value is -4.46. The Balaban J connectivity index is 1.52. The van der Waals surface area contributed by atoms with Gasteiger partial charge in [0.2, 0.25) is 5.91 Å². The zero-order valence-corrected chi connectivity index (χ0v) is 17.1. The van der Waals surface area contributed by atoms with Crippen LogP contribution >= 0.6 is 0 Å². The Morgan fingerprint density at radius 1 is 0.906 bits per heavy atom. The van der Waals surface area contributed by atoms with Gasteiger partial charge in [-0.05, 0) is 54.6 Å². The standard InChI is InChI=1S/C24H19N3O5/c1-15(28)26(14-27-22(29)20-12-9-17(25)13-21(20)23(27)30)18-10-7-16(8-11-18)24(31)32-19-5-3-2-4-6-19/h2-13H,14,25H2,1H3. The zero-order chi connectivity index (χ0) is 22.8. The van der Waals surface area contributed by atoms with E-state index >= 15 is 0 Å². The van der Waals surface area contributed by atoms with Crippen LogP contribution in [0.2, 0.25) is 0 Å². The highest BCUT2D eigenvalue weighted by Crippen LogP contribution is 2.26. The minimum Gasteiger partial charge on any atom is -0.423 e. The zero-order valence-electron chi connectivity index (χ0n) is 17.1. The molecule has 0 bridgehead atoms. The summed E-state index contributed by atoms with van der Waals surface area (Å²) in [5.74, 6) is -1.53. The summed E-state index contributed by atoms with van der Waals surface area (Å²) in [7, 11) is 0. The van der Waals surface area contributed by atoms with Crippen molar-refractivity contribution in [2.45, 2.75) is 6.92 Å². The lowest BCUT2D eigenvalue weighted by Gasteiger charge is -2.26. The largest absolute Gasteiger partial charge is 0.423 e. The van der Waals surface area contributed by atoms with E-state index in [0.717, 1.165) is 4.90 Å². The highest BCUT2D eigenvalue weighted by molar-refractivity contribution is 6.22. The summed E-state index contributed by atoms with van der Waals surface area (Å²) < 4.78 is 5.30. The molecule has 3 amide bonds. The van der Waals surface area contributed by atoms with Gasteiger partial charge in [0.25, 0.3) is 11.8 Å². The number of nitrogens with two attached hydrogens (primary N) is 1. The average Bonchev–Trinajstić information content (AvgIpc) is 3.01. The van der Waals surface area contributed by atoms with Gasteiger partial charge in [-0.25, -0.2) is 4.79 Å². The van der Waals surface area contributed by atoms with E-state index in [2.05, 4.69) is 0 Å². The van der Waals surface area contributed by atoms with Crippen molar-refractivity contribution in [3.8, 4) is 5.75 Å². The number of carbonyl (C=O) groups is 4. The quantitative estimate of drug-likeness (QED) is 0.289. The topological polar surface area (TPSA) is 110 Å². The lowest BCUT2D eigenvalue weighted by molar-refractivity contribution is -0.116. The summed E-state index contributed by atoms with van der Waals surface area (Å²) in [6.45, 7) is 1.06. The van der Waals surface area contributed by atoms with Crippen molar-refractivity contribution in [2.24, 2.45) is 0 Å².